The summed E-state index contributed by atoms with van der Waals surface area (Å²) in [5.74, 6) is -1.77. The number of carboxylic acids is 1. The van der Waals surface area contributed by atoms with Gasteiger partial charge in [0.1, 0.15) is 6.54 Å². The number of rotatable bonds is 8. The van der Waals surface area contributed by atoms with Crippen molar-refractivity contribution in [2.45, 2.75) is 27.2 Å². The third kappa shape index (κ3) is 6.64. The predicted octanol–water partition coefficient (Wildman–Crippen LogP) is 0.265. The van der Waals surface area contributed by atoms with Crippen molar-refractivity contribution in [3.05, 3.63) is 0 Å². The number of nitrogens with one attached hydrogen (secondary N) is 2. The van der Waals surface area contributed by atoms with Gasteiger partial charge in [-0.2, -0.15) is 0 Å². The average Bonchev–Trinajstić information content (AvgIpc) is 2.36. The molecule has 0 bridgehead atoms. The molecule has 0 aromatic rings. The van der Waals surface area contributed by atoms with Crippen LogP contribution in [-0.4, -0.2) is 54.1 Å². The van der Waals surface area contributed by atoms with Crippen LogP contribution in [-0.2, 0) is 9.59 Å². The number of likely N-dealkylation sites (N-methyl/N-ethyl adjacent to an activating group) is 2. The zero-order chi connectivity index (χ0) is 14.8. The van der Waals surface area contributed by atoms with Crippen LogP contribution >= 0.6 is 0 Å². The Morgan fingerprint density at radius 2 is 1.79 bits per heavy atom. The van der Waals surface area contributed by atoms with Gasteiger partial charge in [-0.3, -0.25) is 9.59 Å². The summed E-state index contributed by atoms with van der Waals surface area (Å²) in [7, 11) is 0. The molecule has 1 unspecified atom stereocenters. The number of carbonyl (C=O) groups excluding carboxylic acids is 2. The Morgan fingerprint density at radius 1 is 1.16 bits per heavy atom. The molecule has 0 aliphatic carbocycles. The third-order valence-corrected chi connectivity index (χ3v) is 2.72. The number of hydrogen-bond donors (Lipinski definition) is 3. The molecule has 0 heterocycles. The van der Waals surface area contributed by atoms with E-state index in [0.717, 1.165) is 0 Å². The van der Waals surface area contributed by atoms with E-state index in [4.69, 9.17) is 5.11 Å². The summed E-state index contributed by atoms with van der Waals surface area (Å²) < 4.78 is 0. The number of aliphatic carboxylic acids is 1. The molecule has 1 atom stereocenters. The van der Waals surface area contributed by atoms with Gasteiger partial charge < -0.3 is 20.6 Å². The van der Waals surface area contributed by atoms with E-state index in [1.807, 2.05) is 0 Å². The van der Waals surface area contributed by atoms with E-state index in [1.165, 1.54) is 4.90 Å². The van der Waals surface area contributed by atoms with Gasteiger partial charge in [-0.15, -0.1) is 0 Å². The van der Waals surface area contributed by atoms with Gasteiger partial charge in [0.25, 0.3) is 0 Å². The maximum atomic E-state index is 11.8. The van der Waals surface area contributed by atoms with Crippen LogP contribution in [0.4, 0.5) is 4.79 Å². The standard InChI is InChI=1S/C12H23N3O4/c1-4-9(11(17)18)7-14-12(19)15(6-3)8-10(16)13-5-2/h9H,4-8H2,1-3H3,(H,13,16)(H,14,19)(H,17,18). The minimum atomic E-state index is -0.936. The normalized spacial score (nSPS) is 11.5. The van der Waals surface area contributed by atoms with E-state index in [-0.39, 0.29) is 19.0 Å². The Balaban J connectivity index is 4.28. The smallest absolute Gasteiger partial charge is 0.317 e. The van der Waals surface area contributed by atoms with Crippen molar-refractivity contribution < 1.29 is 19.5 Å². The number of nitrogens with zero attached hydrogens (tertiary/aromatic N) is 1. The van der Waals surface area contributed by atoms with Gasteiger partial charge >= 0.3 is 12.0 Å². The summed E-state index contributed by atoms with van der Waals surface area (Å²) >= 11 is 0. The van der Waals surface area contributed by atoms with E-state index >= 15 is 0 Å². The zero-order valence-corrected chi connectivity index (χ0v) is 11.7. The highest BCUT2D eigenvalue weighted by Crippen LogP contribution is 2.01. The van der Waals surface area contributed by atoms with Gasteiger partial charge in [0.15, 0.2) is 0 Å². The highest BCUT2D eigenvalue weighted by molar-refractivity contribution is 5.84. The fourth-order valence-electron chi connectivity index (χ4n) is 1.48. The molecule has 7 heteroatoms. The van der Waals surface area contributed by atoms with Crippen molar-refractivity contribution in [1.29, 1.82) is 0 Å². The molecule has 0 aliphatic rings. The van der Waals surface area contributed by atoms with E-state index in [0.29, 0.717) is 19.5 Å². The van der Waals surface area contributed by atoms with Crippen LogP contribution in [0.15, 0.2) is 0 Å². The minimum Gasteiger partial charge on any atom is -0.481 e. The van der Waals surface area contributed by atoms with E-state index in [1.54, 1.807) is 20.8 Å². The first-order valence-corrected chi connectivity index (χ1v) is 6.48. The van der Waals surface area contributed by atoms with Crippen LogP contribution in [0, 0.1) is 5.92 Å². The molecule has 0 radical (unpaired) electrons. The van der Waals surface area contributed by atoms with Crippen molar-refractivity contribution in [3.8, 4) is 0 Å². The molecule has 0 fully saturated rings. The molecule has 0 aromatic heterocycles. The zero-order valence-electron chi connectivity index (χ0n) is 11.7. The average molecular weight is 273 g/mol. The minimum absolute atomic E-state index is 0.0277. The molecule has 3 amide bonds. The lowest BCUT2D eigenvalue weighted by molar-refractivity contribution is -0.141. The van der Waals surface area contributed by atoms with Crippen molar-refractivity contribution >= 4 is 17.9 Å². The van der Waals surface area contributed by atoms with Crippen molar-refractivity contribution in [1.82, 2.24) is 15.5 Å². The number of carboxylic acid groups (broad SMARTS) is 1. The molecule has 0 saturated heterocycles. The van der Waals surface area contributed by atoms with Crippen molar-refractivity contribution in [3.63, 3.8) is 0 Å². The summed E-state index contributed by atoms with van der Waals surface area (Å²) in [6, 6.07) is -0.423. The second-order valence-electron chi connectivity index (χ2n) is 4.10. The van der Waals surface area contributed by atoms with Crippen LogP contribution in [0.2, 0.25) is 0 Å². The molecule has 7 nitrogen and oxygen atoms in total. The van der Waals surface area contributed by atoms with Crippen molar-refractivity contribution in [2.24, 2.45) is 5.92 Å². The van der Waals surface area contributed by atoms with Crippen molar-refractivity contribution in [2.75, 3.05) is 26.2 Å². The molecular formula is C12H23N3O4. The Hall–Kier alpha value is -1.79. The first-order chi connectivity index (χ1) is 8.96. The molecular weight excluding hydrogens is 250 g/mol. The number of amides is 3. The number of hydrogen-bond acceptors (Lipinski definition) is 3. The molecule has 3 N–H and O–H groups in total. The largest absolute Gasteiger partial charge is 0.481 e. The van der Waals surface area contributed by atoms with Crippen LogP contribution in [0.25, 0.3) is 0 Å². The lowest BCUT2D eigenvalue weighted by atomic mass is 10.1. The highest BCUT2D eigenvalue weighted by Gasteiger charge is 2.19. The molecule has 0 saturated carbocycles. The highest BCUT2D eigenvalue weighted by atomic mass is 16.4. The summed E-state index contributed by atoms with van der Waals surface area (Å²) in [5, 5.41) is 14.0. The van der Waals surface area contributed by atoms with Gasteiger partial charge in [-0.05, 0) is 20.3 Å². The van der Waals surface area contributed by atoms with E-state index in [2.05, 4.69) is 10.6 Å². The molecule has 110 valence electrons. The van der Waals surface area contributed by atoms with Crippen LogP contribution in [0.3, 0.4) is 0 Å². The van der Waals surface area contributed by atoms with Gasteiger partial charge in [0.05, 0.1) is 5.92 Å². The first kappa shape index (κ1) is 17.2. The van der Waals surface area contributed by atoms with Crippen LogP contribution in [0.5, 0.6) is 0 Å². The third-order valence-electron chi connectivity index (χ3n) is 2.72. The van der Waals surface area contributed by atoms with Gasteiger partial charge in [-0.1, -0.05) is 6.92 Å². The number of carbonyl (C=O) groups is 3. The quantitative estimate of drug-likeness (QED) is 0.591. The summed E-state index contributed by atoms with van der Waals surface area (Å²) in [5.41, 5.74) is 0. The van der Waals surface area contributed by atoms with Gasteiger partial charge in [-0.25, -0.2) is 4.79 Å². The SMILES string of the molecule is CCNC(=O)CN(CC)C(=O)NCC(CC)C(=O)O. The maximum Gasteiger partial charge on any atom is 0.317 e. The summed E-state index contributed by atoms with van der Waals surface area (Å²) in [6.07, 6.45) is 0.443. The summed E-state index contributed by atoms with van der Waals surface area (Å²) in [4.78, 5) is 35.3. The first-order valence-electron chi connectivity index (χ1n) is 6.48. The predicted molar refractivity (Wildman–Crippen MR) is 70.7 cm³/mol. The van der Waals surface area contributed by atoms with Crippen LogP contribution < -0.4 is 10.6 Å². The molecule has 0 aromatic carbocycles. The Morgan fingerprint density at radius 3 is 2.21 bits per heavy atom. The molecule has 0 rings (SSSR count). The molecule has 0 aliphatic heterocycles. The Kier molecular flexibility index (Phi) is 8.32. The van der Waals surface area contributed by atoms with E-state index in [9.17, 15) is 14.4 Å². The summed E-state index contributed by atoms with van der Waals surface area (Å²) in [6.45, 7) is 6.23. The topological polar surface area (TPSA) is 98.7 Å². The maximum absolute atomic E-state index is 11.8. The molecule has 19 heavy (non-hydrogen) atoms. The Labute approximate surface area is 113 Å². The van der Waals surface area contributed by atoms with Gasteiger partial charge in [0.2, 0.25) is 5.91 Å². The number of urea groups is 1. The second kappa shape index (κ2) is 9.18. The van der Waals surface area contributed by atoms with Crippen LogP contribution in [0.1, 0.15) is 27.2 Å². The fraction of sp³-hybridized carbons (Fsp3) is 0.750. The molecule has 0 spiro atoms. The Bertz CT molecular complexity index is 320. The van der Waals surface area contributed by atoms with Gasteiger partial charge in [0, 0.05) is 19.6 Å². The lowest BCUT2D eigenvalue weighted by Gasteiger charge is -2.21. The lowest BCUT2D eigenvalue weighted by Crippen LogP contribution is -2.47. The monoisotopic (exact) mass is 273 g/mol. The van der Waals surface area contributed by atoms with E-state index < -0.39 is 17.9 Å². The fourth-order valence-corrected chi connectivity index (χ4v) is 1.48. The second-order valence-corrected chi connectivity index (χ2v) is 4.10.